The fourth-order valence-electron chi connectivity index (χ4n) is 1.88. The van der Waals surface area contributed by atoms with Gasteiger partial charge in [-0.3, -0.25) is 0 Å². The van der Waals surface area contributed by atoms with Gasteiger partial charge in [0.2, 0.25) is 0 Å². The lowest BCUT2D eigenvalue weighted by Crippen LogP contribution is -1.98. The lowest BCUT2D eigenvalue weighted by atomic mass is 10.3. The molecule has 0 saturated heterocycles. The first-order valence-electron chi connectivity index (χ1n) is 5.60. The van der Waals surface area contributed by atoms with E-state index in [1.807, 2.05) is 23.9 Å². The SMILES string of the molecule is CSCCCCn1c(=S)[nH]c2c(Cl)cccc21. The topological polar surface area (TPSA) is 20.7 Å². The molecule has 0 radical (unpaired) electrons. The van der Waals surface area contributed by atoms with E-state index in [1.54, 1.807) is 0 Å². The van der Waals surface area contributed by atoms with Crippen molar-refractivity contribution in [2.24, 2.45) is 0 Å². The van der Waals surface area contributed by atoms with Gasteiger partial charge in [0.25, 0.3) is 0 Å². The lowest BCUT2D eigenvalue weighted by Gasteiger charge is -2.04. The molecule has 2 nitrogen and oxygen atoms in total. The van der Waals surface area contributed by atoms with Crippen LogP contribution in [0.5, 0.6) is 0 Å². The Bertz CT molecular complexity index is 559. The summed E-state index contributed by atoms with van der Waals surface area (Å²) in [6.07, 6.45) is 4.50. The van der Waals surface area contributed by atoms with Crippen LogP contribution in [0, 0.1) is 4.77 Å². The Labute approximate surface area is 115 Å². The Morgan fingerprint density at radius 3 is 3.00 bits per heavy atom. The van der Waals surface area contributed by atoms with Crippen LogP contribution in [0.4, 0.5) is 0 Å². The number of nitrogens with one attached hydrogen (secondary N) is 1. The van der Waals surface area contributed by atoms with E-state index in [4.69, 9.17) is 23.8 Å². The number of unbranched alkanes of at least 4 members (excludes halogenated alkanes) is 1. The van der Waals surface area contributed by atoms with Crippen molar-refractivity contribution in [3.63, 3.8) is 0 Å². The highest BCUT2D eigenvalue weighted by Gasteiger charge is 2.06. The normalized spacial score (nSPS) is 11.2. The van der Waals surface area contributed by atoms with Gasteiger partial charge in [0.1, 0.15) is 0 Å². The Kier molecular flexibility index (Phi) is 4.54. The van der Waals surface area contributed by atoms with Crippen molar-refractivity contribution in [2.45, 2.75) is 19.4 Å². The van der Waals surface area contributed by atoms with Crippen LogP contribution in [0.2, 0.25) is 5.02 Å². The van der Waals surface area contributed by atoms with Crippen molar-refractivity contribution in [2.75, 3.05) is 12.0 Å². The zero-order valence-corrected chi connectivity index (χ0v) is 12.1. The highest BCUT2D eigenvalue weighted by atomic mass is 35.5. The maximum atomic E-state index is 6.13. The van der Waals surface area contributed by atoms with E-state index in [2.05, 4.69) is 21.9 Å². The Morgan fingerprint density at radius 2 is 2.24 bits per heavy atom. The van der Waals surface area contributed by atoms with Crippen LogP contribution >= 0.6 is 35.6 Å². The van der Waals surface area contributed by atoms with Gasteiger partial charge in [0.05, 0.1) is 16.1 Å². The Hall–Kier alpha value is -0.450. The number of aromatic amines is 1. The van der Waals surface area contributed by atoms with E-state index >= 15 is 0 Å². The van der Waals surface area contributed by atoms with E-state index in [0.29, 0.717) is 0 Å². The van der Waals surface area contributed by atoms with Crippen LogP contribution in [0.1, 0.15) is 12.8 Å². The molecule has 1 aromatic carbocycles. The molecule has 0 aliphatic rings. The van der Waals surface area contributed by atoms with Crippen LogP contribution in [0.25, 0.3) is 11.0 Å². The highest BCUT2D eigenvalue weighted by Crippen LogP contribution is 2.22. The average molecular weight is 287 g/mol. The monoisotopic (exact) mass is 286 g/mol. The molecule has 0 saturated carbocycles. The zero-order chi connectivity index (χ0) is 12.3. The molecule has 0 aliphatic carbocycles. The minimum atomic E-state index is 0.733. The summed E-state index contributed by atoms with van der Waals surface area (Å²) < 4.78 is 2.90. The molecular weight excluding hydrogens is 272 g/mol. The van der Waals surface area contributed by atoms with Crippen molar-refractivity contribution in [1.29, 1.82) is 0 Å². The molecule has 0 amide bonds. The van der Waals surface area contributed by atoms with Gasteiger partial charge in [-0.05, 0) is 49.2 Å². The predicted molar refractivity (Wildman–Crippen MR) is 79.7 cm³/mol. The molecule has 0 unspecified atom stereocenters. The minimum absolute atomic E-state index is 0.733. The molecule has 5 heteroatoms. The van der Waals surface area contributed by atoms with Gasteiger partial charge >= 0.3 is 0 Å². The molecule has 1 heterocycles. The number of benzene rings is 1. The number of aromatic nitrogens is 2. The molecule has 0 atom stereocenters. The largest absolute Gasteiger partial charge is 0.329 e. The molecule has 92 valence electrons. The summed E-state index contributed by atoms with van der Waals surface area (Å²) in [7, 11) is 0. The molecule has 0 spiro atoms. The third-order valence-electron chi connectivity index (χ3n) is 2.74. The van der Waals surface area contributed by atoms with Gasteiger partial charge in [0.15, 0.2) is 4.77 Å². The number of nitrogens with zero attached hydrogens (tertiary/aromatic N) is 1. The quantitative estimate of drug-likeness (QED) is 0.645. The average Bonchev–Trinajstić information content (AvgIpc) is 2.63. The Balaban J connectivity index is 2.25. The number of aryl methyl sites for hydroxylation is 1. The summed E-state index contributed by atoms with van der Waals surface area (Å²) in [5.41, 5.74) is 2.05. The van der Waals surface area contributed by atoms with Gasteiger partial charge in [-0.15, -0.1) is 0 Å². The van der Waals surface area contributed by atoms with Crippen LogP contribution in [-0.4, -0.2) is 21.6 Å². The van der Waals surface area contributed by atoms with Crippen molar-refractivity contribution in [3.05, 3.63) is 28.0 Å². The molecule has 17 heavy (non-hydrogen) atoms. The molecule has 0 aliphatic heterocycles. The van der Waals surface area contributed by atoms with Gasteiger partial charge in [-0.2, -0.15) is 11.8 Å². The predicted octanol–water partition coefficient (Wildman–Crippen LogP) is 4.50. The third-order valence-corrected chi connectivity index (χ3v) is 4.07. The van der Waals surface area contributed by atoms with Crippen molar-refractivity contribution >= 4 is 46.6 Å². The smallest absolute Gasteiger partial charge is 0.178 e. The third kappa shape index (κ3) is 2.87. The number of rotatable bonds is 5. The first-order chi connectivity index (χ1) is 8.24. The second-order valence-electron chi connectivity index (χ2n) is 3.92. The Morgan fingerprint density at radius 1 is 1.41 bits per heavy atom. The summed E-state index contributed by atoms with van der Waals surface area (Å²) in [5, 5.41) is 0.733. The van der Waals surface area contributed by atoms with Crippen LogP contribution < -0.4 is 0 Å². The molecule has 0 fully saturated rings. The second kappa shape index (κ2) is 5.94. The number of hydrogen-bond acceptors (Lipinski definition) is 2. The van der Waals surface area contributed by atoms with E-state index in [-0.39, 0.29) is 0 Å². The highest BCUT2D eigenvalue weighted by molar-refractivity contribution is 7.98. The van der Waals surface area contributed by atoms with Crippen LogP contribution in [-0.2, 0) is 6.54 Å². The molecular formula is C12H15ClN2S2. The molecule has 1 aromatic heterocycles. The number of halogens is 1. The summed E-state index contributed by atoms with van der Waals surface area (Å²) in [5.74, 6) is 1.20. The van der Waals surface area contributed by atoms with E-state index in [1.165, 1.54) is 12.2 Å². The number of H-pyrrole nitrogens is 1. The number of para-hydroxylation sites is 1. The number of imidazole rings is 1. The van der Waals surface area contributed by atoms with Crippen LogP contribution in [0.3, 0.4) is 0 Å². The molecule has 2 aromatic rings. The molecule has 2 rings (SSSR count). The second-order valence-corrected chi connectivity index (χ2v) is 5.70. The maximum absolute atomic E-state index is 6.13. The lowest BCUT2D eigenvalue weighted by molar-refractivity contribution is 0.643. The van der Waals surface area contributed by atoms with E-state index in [0.717, 1.165) is 33.8 Å². The molecule has 1 N–H and O–H groups in total. The number of hydrogen-bond donors (Lipinski definition) is 1. The summed E-state index contributed by atoms with van der Waals surface area (Å²) in [6.45, 7) is 0.958. The zero-order valence-electron chi connectivity index (χ0n) is 9.70. The van der Waals surface area contributed by atoms with Crippen molar-refractivity contribution in [3.8, 4) is 0 Å². The minimum Gasteiger partial charge on any atom is -0.329 e. The van der Waals surface area contributed by atoms with Gasteiger partial charge in [-0.1, -0.05) is 17.7 Å². The first-order valence-corrected chi connectivity index (χ1v) is 7.78. The van der Waals surface area contributed by atoms with Gasteiger partial charge in [0, 0.05) is 6.54 Å². The summed E-state index contributed by atoms with van der Waals surface area (Å²) in [6, 6.07) is 5.90. The fourth-order valence-corrected chi connectivity index (χ4v) is 2.88. The number of fused-ring (bicyclic) bond motifs is 1. The fraction of sp³-hybridized carbons (Fsp3) is 0.417. The summed E-state index contributed by atoms with van der Waals surface area (Å²) >= 11 is 13.4. The molecule has 0 bridgehead atoms. The first kappa shape index (κ1) is 13.0. The van der Waals surface area contributed by atoms with Crippen molar-refractivity contribution in [1.82, 2.24) is 9.55 Å². The van der Waals surface area contributed by atoms with E-state index < -0.39 is 0 Å². The van der Waals surface area contributed by atoms with Gasteiger partial charge in [-0.25, -0.2) is 0 Å². The maximum Gasteiger partial charge on any atom is 0.178 e. The summed E-state index contributed by atoms with van der Waals surface area (Å²) in [4.78, 5) is 3.18. The van der Waals surface area contributed by atoms with Gasteiger partial charge < -0.3 is 9.55 Å². The van der Waals surface area contributed by atoms with Crippen molar-refractivity contribution < 1.29 is 0 Å². The standard InChI is InChI=1S/C12H15ClN2S2/c1-17-8-3-2-7-15-10-6-4-5-9(13)11(10)14-12(15)16/h4-6H,2-3,7-8H2,1H3,(H,14,16). The van der Waals surface area contributed by atoms with E-state index in [9.17, 15) is 0 Å². The van der Waals surface area contributed by atoms with Crippen LogP contribution in [0.15, 0.2) is 18.2 Å². The number of thioether (sulfide) groups is 1.